The normalized spacial score (nSPS) is 10.8. The summed E-state index contributed by atoms with van der Waals surface area (Å²) in [6.45, 7) is -3.13. The minimum Gasteiger partial charge on any atom is -0.433 e. The first-order chi connectivity index (χ1) is 12.9. The quantitative estimate of drug-likeness (QED) is 0.544. The van der Waals surface area contributed by atoms with Crippen LogP contribution in [0.15, 0.2) is 36.4 Å². The van der Waals surface area contributed by atoms with Crippen LogP contribution in [0.25, 0.3) is 10.9 Å². The number of nitrogens with one attached hydrogen (secondary N) is 1. The van der Waals surface area contributed by atoms with E-state index in [1.54, 1.807) is 0 Å². The highest BCUT2D eigenvalue weighted by atomic mass is 19.3. The van der Waals surface area contributed by atoms with E-state index in [0.717, 1.165) is 18.2 Å². The molecule has 9 heteroatoms. The van der Waals surface area contributed by atoms with E-state index in [0.29, 0.717) is 5.39 Å². The summed E-state index contributed by atoms with van der Waals surface area (Å²) < 4.78 is 57.3. The van der Waals surface area contributed by atoms with Crippen molar-refractivity contribution in [2.45, 2.75) is 13.2 Å². The van der Waals surface area contributed by atoms with Crippen molar-refractivity contribution in [3.63, 3.8) is 0 Å². The number of benzene rings is 2. The van der Waals surface area contributed by atoms with Gasteiger partial charge in [0.05, 0.1) is 0 Å². The maximum atomic E-state index is 13.3. The molecule has 0 unspecified atom stereocenters. The van der Waals surface area contributed by atoms with Gasteiger partial charge in [-0.05, 0) is 30.3 Å². The summed E-state index contributed by atoms with van der Waals surface area (Å²) in [5.74, 6) is -0.875. The van der Waals surface area contributed by atoms with Crippen LogP contribution < -0.4 is 10.1 Å². The fraction of sp³-hybridized carbons (Fsp3) is 0.111. The average Bonchev–Trinajstić information content (AvgIpc) is 2.96. The average molecular weight is 377 g/mol. The third kappa shape index (κ3) is 3.69. The molecule has 3 rings (SSSR count). The van der Waals surface area contributed by atoms with Crippen molar-refractivity contribution < 1.29 is 27.1 Å². The Morgan fingerprint density at radius 2 is 2.04 bits per heavy atom. The molecule has 27 heavy (non-hydrogen) atoms. The number of terminal acetylenes is 1. The number of fused-ring (bicyclic) bond motifs is 1. The second-order valence-electron chi connectivity index (χ2n) is 5.32. The zero-order valence-corrected chi connectivity index (χ0v) is 13.5. The van der Waals surface area contributed by atoms with Gasteiger partial charge >= 0.3 is 6.61 Å². The van der Waals surface area contributed by atoms with Crippen molar-refractivity contribution >= 4 is 22.6 Å². The SMILES string of the molecule is C#CCn1nc(NC(=O)c2ccc(F)c(F)c2)c2cccc(OC(F)F)c21. The molecule has 0 fully saturated rings. The predicted octanol–water partition coefficient (Wildman–Crippen LogP) is 3.80. The lowest BCUT2D eigenvalue weighted by molar-refractivity contribution is -0.0490. The van der Waals surface area contributed by atoms with Crippen LogP contribution in [0.4, 0.5) is 23.4 Å². The van der Waals surface area contributed by atoms with Gasteiger partial charge in [0.25, 0.3) is 5.91 Å². The molecule has 0 atom stereocenters. The van der Waals surface area contributed by atoms with Gasteiger partial charge in [-0.25, -0.2) is 13.5 Å². The first kappa shape index (κ1) is 18.3. The Balaban J connectivity index is 2.02. The summed E-state index contributed by atoms with van der Waals surface area (Å²) in [6.07, 6.45) is 5.27. The van der Waals surface area contributed by atoms with E-state index in [2.05, 4.69) is 21.1 Å². The number of ether oxygens (including phenoxy) is 1. The molecule has 5 nitrogen and oxygen atoms in total. The van der Waals surface area contributed by atoms with E-state index < -0.39 is 24.2 Å². The van der Waals surface area contributed by atoms with Gasteiger partial charge in [0, 0.05) is 10.9 Å². The summed E-state index contributed by atoms with van der Waals surface area (Å²) >= 11 is 0. The Bertz CT molecular complexity index is 1060. The number of amides is 1. The smallest absolute Gasteiger partial charge is 0.387 e. The van der Waals surface area contributed by atoms with Crippen LogP contribution >= 0.6 is 0 Å². The van der Waals surface area contributed by atoms with Gasteiger partial charge in [0.15, 0.2) is 23.2 Å². The van der Waals surface area contributed by atoms with Gasteiger partial charge in [-0.1, -0.05) is 12.0 Å². The molecule has 3 aromatic rings. The van der Waals surface area contributed by atoms with Gasteiger partial charge in [0.2, 0.25) is 0 Å². The lowest BCUT2D eigenvalue weighted by Gasteiger charge is -2.07. The topological polar surface area (TPSA) is 56.2 Å². The number of para-hydroxylation sites is 1. The lowest BCUT2D eigenvalue weighted by Crippen LogP contribution is -2.13. The number of carbonyl (C=O) groups is 1. The summed E-state index contributed by atoms with van der Waals surface area (Å²) in [6, 6.07) is 6.91. The maximum absolute atomic E-state index is 13.3. The second kappa shape index (κ2) is 7.37. The number of alkyl halides is 2. The molecular weight excluding hydrogens is 366 g/mol. The Hall–Kier alpha value is -3.54. The highest BCUT2D eigenvalue weighted by Gasteiger charge is 2.19. The van der Waals surface area contributed by atoms with Crippen LogP contribution in [0.3, 0.4) is 0 Å². The molecule has 1 N–H and O–H groups in total. The first-order valence-corrected chi connectivity index (χ1v) is 7.55. The number of hydrogen-bond acceptors (Lipinski definition) is 3. The zero-order valence-electron chi connectivity index (χ0n) is 13.5. The first-order valence-electron chi connectivity index (χ1n) is 7.55. The molecule has 138 valence electrons. The van der Waals surface area contributed by atoms with Gasteiger partial charge in [-0.2, -0.15) is 13.9 Å². The highest BCUT2D eigenvalue weighted by Crippen LogP contribution is 2.32. The molecule has 0 aliphatic heterocycles. The van der Waals surface area contributed by atoms with Crippen molar-refractivity contribution in [3.05, 3.63) is 53.6 Å². The van der Waals surface area contributed by atoms with Gasteiger partial charge < -0.3 is 10.1 Å². The number of carbonyl (C=O) groups excluding carboxylic acids is 1. The zero-order chi connectivity index (χ0) is 19.6. The Morgan fingerprint density at radius 3 is 2.70 bits per heavy atom. The monoisotopic (exact) mass is 377 g/mol. The van der Waals surface area contributed by atoms with Crippen LogP contribution in [0.2, 0.25) is 0 Å². The summed E-state index contributed by atoms with van der Waals surface area (Å²) in [5.41, 5.74) is 0.0184. The minimum atomic E-state index is -3.06. The van der Waals surface area contributed by atoms with E-state index in [4.69, 9.17) is 6.42 Å². The highest BCUT2D eigenvalue weighted by molar-refractivity contribution is 6.08. The fourth-order valence-electron chi connectivity index (χ4n) is 2.51. The van der Waals surface area contributed by atoms with Gasteiger partial charge in [0.1, 0.15) is 12.1 Å². The number of anilines is 1. The summed E-state index contributed by atoms with van der Waals surface area (Å²) in [4.78, 5) is 12.3. The third-order valence-electron chi connectivity index (χ3n) is 3.60. The third-order valence-corrected chi connectivity index (χ3v) is 3.60. The number of hydrogen-bond donors (Lipinski definition) is 1. The molecule has 0 saturated carbocycles. The molecule has 1 amide bonds. The van der Waals surface area contributed by atoms with Crippen LogP contribution in [0.5, 0.6) is 5.75 Å². The molecule has 0 aliphatic rings. The van der Waals surface area contributed by atoms with Crippen LogP contribution in [-0.2, 0) is 6.54 Å². The molecule has 1 heterocycles. The number of rotatable bonds is 5. The standard InChI is InChI=1S/C18H11F4N3O2/c1-2-8-25-15-11(4-3-5-14(15)27-18(21)22)16(24-25)23-17(26)10-6-7-12(19)13(20)9-10/h1,3-7,9,18H,8H2,(H,23,24,26). The summed E-state index contributed by atoms with van der Waals surface area (Å²) in [7, 11) is 0. The molecule has 0 radical (unpaired) electrons. The molecule has 2 aromatic carbocycles. The number of nitrogens with zero attached hydrogens (tertiary/aromatic N) is 2. The molecular formula is C18H11F4N3O2. The molecule has 0 saturated heterocycles. The van der Waals surface area contributed by atoms with E-state index in [1.807, 2.05) is 0 Å². The van der Waals surface area contributed by atoms with Crippen molar-refractivity contribution in [3.8, 4) is 18.1 Å². The molecule has 1 aromatic heterocycles. The molecule has 0 aliphatic carbocycles. The molecule has 0 spiro atoms. The van der Waals surface area contributed by atoms with Crippen LogP contribution in [-0.4, -0.2) is 22.3 Å². The maximum Gasteiger partial charge on any atom is 0.387 e. The molecule has 0 bridgehead atoms. The Kier molecular flexibility index (Phi) is 4.98. The number of halogens is 4. The number of aromatic nitrogens is 2. The second-order valence-corrected chi connectivity index (χ2v) is 5.32. The van der Waals surface area contributed by atoms with Crippen LogP contribution in [0.1, 0.15) is 10.4 Å². The minimum absolute atomic E-state index is 0.00898. The van der Waals surface area contributed by atoms with Crippen molar-refractivity contribution in [1.82, 2.24) is 9.78 Å². The predicted molar refractivity (Wildman–Crippen MR) is 89.5 cm³/mol. The summed E-state index contributed by atoms with van der Waals surface area (Å²) in [5, 5.41) is 6.83. The van der Waals surface area contributed by atoms with E-state index in [-0.39, 0.29) is 29.2 Å². The largest absolute Gasteiger partial charge is 0.433 e. The van der Waals surface area contributed by atoms with E-state index in [9.17, 15) is 22.4 Å². The van der Waals surface area contributed by atoms with E-state index in [1.165, 1.54) is 22.9 Å². The van der Waals surface area contributed by atoms with E-state index >= 15 is 0 Å². The Morgan fingerprint density at radius 1 is 1.26 bits per heavy atom. The van der Waals surface area contributed by atoms with Crippen molar-refractivity contribution in [1.29, 1.82) is 0 Å². The lowest BCUT2D eigenvalue weighted by atomic mass is 10.2. The fourth-order valence-corrected chi connectivity index (χ4v) is 2.51. The van der Waals surface area contributed by atoms with Crippen molar-refractivity contribution in [2.75, 3.05) is 5.32 Å². The van der Waals surface area contributed by atoms with Gasteiger partial charge in [-0.3, -0.25) is 4.79 Å². The van der Waals surface area contributed by atoms with Crippen molar-refractivity contribution in [2.24, 2.45) is 0 Å². The Labute approximate surface area is 150 Å². The van der Waals surface area contributed by atoms with Gasteiger partial charge in [-0.15, -0.1) is 6.42 Å². The van der Waals surface area contributed by atoms with Crippen LogP contribution in [0, 0.1) is 24.0 Å².